The molecule has 0 aromatic heterocycles. The van der Waals surface area contributed by atoms with E-state index in [1.165, 1.54) is 0 Å². The number of unbranched alkanes of at least 4 members (excludes halogenated alkanes) is 2. The van der Waals surface area contributed by atoms with Crippen molar-refractivity contribution in [3.8, 4) is 0 Å². The zero-order chi connectivity index (χ0) is 35.7. The fourth-order valence-corrected chi connectivity index (χ4v) is 8.85. The van der Waals surface area contributed by atoms with Crippen molar-refractivity contribution >= 4 is 56.1 Å². The lowest BCUT2D eigenvalue weighted by Gasteiger charge is -2.36. The van der Waals surface area contributed by atoms with Crippen LogP contribution in [0.5, 0.6) is 0 Å². The lowest BCUT2D eigenvalue weighted by molar-refractivity contribution is -0.161. The van der Waals surface area contributed by atoms with Gasteiger partial charge in [-0.3, -0.25) is 19.2 Å². The zero-order valence-electron chi connectivity index (χ0n) is 28.5. The van der Waals surface area contributed by atoms with Gasteiger partial charge in [0.1, 0.15) is 29.8 Å². The number of aliphatic hydroxyl groups excluding tert-OH is 1. The Balaban J connectivity index is 1.33. The molecule has 7 rings (SSSR count). The van der Waals surface area contributed by atoms with Crippen LogP contribution in [0.25, 0.3) is 10.8 Å². The molecular formula is C40H42BrN3O7. The van der Waals surface area contributed by atoms with Gasteiger partial charge in [0.2, 0.25) is 11.8 Å². The average molecular weight is 757 g/mol. The molecule has 3 aromatic carbocycles. The van der Waals surface area contributed by atoms with Crippen LogP contribution in [-0.2, 0) is 28.7 Å². The zero-order valence-corrected chi connectivity index (χ0v) is 30.0. The molecule has 266 valence electrons. The van der Waals surface area contributed by atoms with Gasteiger partial charge in [0.05, 0.1) is 12.0 Å². The van der Waals surface area contributed by atoms with Gasteiger partial charge in [-0.25, -0.2) is 0 Å². The monoisotopic (exact) mass is 755 g/mol. The quantitative estimate of drug-likeness (QED) is 0.189. The molecule has 2 fully saturated rings. The SMILES string of the molecule is C[C@H]1NC(=O)CC/C=C\CN(c2ccc3ccccc3c2)C(=O)[C@@H]2N(CCCCCO)C(=O)[C@H]3[C@H](C(=O)O[C@@H]1c1ccccc1)[C@H]1O[C@@]23C=C1Br. The van der Waals surface area contributed by atoms with Crippen molar-refractivity contribution in [2.24, 2.45) is 11.8 Å². The Morgan fingerprint density at radius 2 is 1.67 bits per heavy atom. The van der Waals surface area contributed by atoms with Crippen LogP contribution in [0.15, 0.2) is 95.5 Å². The van der Waals surface area contributed by atoms with Crippen LogP contribution in [0.3, 0.4) is 0 Å². The number of nitrogens with zero attached hydrogens (tertiary/aromatic N) is 2. The van der Waals surface area contributed by atoms with Crippen LogP contribution in [-0.4, -0.2) is 77.2 Å². The molecule has 0 aliphatic carbocycles. The second-order valence-corrected chi connectivity index (χ2v) is 14.7. The number of amides is 3. The molecule has 0 saturated carbocycles. The maximum Gasteiger partial charge on any atom is 0.313 e. The summed E-state index contributed by atoms with van der Waals surface area (Å²) in [6.45, 7) is 2.27. The van der Waals surface area contributed by atoms with Crippen LogP contribution in [0.4, 0.5) is 5.69 Å². The topological polar surface area (TPSA) is 125 Å². The number of nitrogens with one attached hydrogen (secondary N) is 1. The van der Waals surface area contributed by atoms with Crippen molar-refractivity contribution in [2.45, 2.75) is 68.9 Å². The molecule has 7 atom stereocenters. The number of anilines is 1. The largest absolute Gasteiger partial charge is 0.455 e. The highest BCUT2D eigenvalue weighted by Gasteiger charge is 2.75. The summed E-state index contributed by atoms with van der Waals surface area (Å²) in [4.78, 5) is 60.6. The van der Waals surface area contributed by atoms with Crippen molar-refractivity contribution < 1.29 is 33.8 Å². The molecule has 0 unspecified atom stereocenters. The first kappa shape index (κ1) is 35.1. The first-order chi connectivity index (χ1) is 24.7. The van der Waals surface area contributed by atoms with Gasteiger partial charge >= 0.3 is 5.97 Å². The Hall–Kier alpha value is -4.32. The van der Waals surface area contributed by atoms with Crippen LogP contribution in [0.1, 0.15) is 50.7 Å². The summed E-state index contributed by atoms with van der Waals surface area (Å²) < 4.78 is 13.5. The van der Waals surface area contributed by atoms with E-state index >= 15 is 4.79 Å². The molecule has 11 heteroatoms. The Bertz CT molecular complexity index is 1880. The maximum absolute atomic E-state index is 15.2. The first-order valence-corrected chi connectivity index (χ1v) is 18.5. The Labute approximate surface area is 305 Å². The number of hydrogen-bond acceptors (Lipinski definition) is 7. The summed E-state index contributed by atoms with van der Waals surface area (Å²) in [5.74, 6) is -3.55. The van der Waals surface area contributed by atoms with E-state index in [0.29, 0.717) is 41.4 Å². The predicted molar refractivity (Wildman–Crippen MR) is 196 cm³/mol. The van der Waals surface area contributed by atoms with Gasteiger partial charge < -0.3 is 29.7 Å². The highest BCUT2D eigenvalue weighted by molar-refractivity contribution is 9.11. The molecule has 4 heterocycles. The minimum Gasteiger partial charge on any atom is -0.455 e. The number of likely N-dealkylation sites (tertiary alicyclic amines) is 1. The van der Waals surface area contributed by atoms with E-state index in [-0.39, 0.29) is 43.8 Å². The van der Waals surface area contributed by atoms with Crippen LogP contribution in [0, 0.1) is 11.8 Å². The molecule has 0 radical (unpaired) electrons. The summed E-state index contributed by atoms with van der Waals surface area (Å²) in [6, 6.07) is 21.3. The predicted octanol–water partition coefficient (Wildman–Crippen LogP) is 5.35. The molecule has 3 amide bonds. The normalized spacial score (nSPS) is 30.3. The molecule has 1 spiro atoms. The number of ether oxygens (including phenoxy) is 2. The number of halogens is 1. The van der Waals surface area contributed by atoms with Gasteiger partial charge in [-0.1, -0.05) is 88.7 Å². The van der Waals surface area contributed by atoms with Gasteiger partial charge in [0, 0.05) is 36.3 Å². The molecule has 51 heavy (non-hydrogen) atoms. The van der Waals surface area contributed by atoms with Gasteiger partial charge in [0.25, 0.3) is 5.91 Å². The van der Waals surface area contributed by atoms with Gasteiger partial charge in [0.15, 0.2) is 0 Å². The summed E-state index contributed by atoms with van der Waals surface area (Å²) in [5.41, 5.74) is -0.0718. The lowest BCUT2D eigenvalue weighted by atomic mass is 9.74. The van der Waals surface area contributed by atoms with Crippen molar-refractivity contribution in [3.63, 3.8) is 0 Å². The number of esters is 1. The molecule has 2 saturated heterocycles. The van der Waals surface area contributed by atoms with Crippen LogP contribution >= 0.6 is 15.9 Å². The minimum atomic E-state index is -1.42. The van der Waals surface area contributed by atoms with Crippen molar-refractivity contribution in [1.29, 1.82) is 0 Å². The van der Waals surface area contributed by atoms with Crippen LogP contribution < -0.4 is 10.2 Å². The number of cyclic esters (lactones) is 1. The smallest absolute Gasteiger partial charge is 0.313 e. The fraction of sp³-hybridized carbons (Fsp3) is 0.400. The summed E-state index contributed by atoms with van der Waals surface area (Å²) >= 11 is 3.63. The van der Waals surface area contributed by atoms with E-state index in [0.717, 1.165) is 10.8 Å². The molecule has 2 N–H and O–H groups in total. The maximum atomic E-state index is 15.2. The molecule has 5 bridgehead atoms. The number of carbonyl (C=O) groups is 4. The Morgan fingerprint density at radius 3 is 2.45 bits per heavy atom. The molecular weight excluding hydrogens is 714 g/mol. The molecule has 10 nitrogen and oxygen atoms in total. The number of allylic oxidation sites excluding steroid dienone is 1. The minimum absolute atomic E-state index is 0.0286. The number of rotatable bonds is 7. The van der Waals surface area contributed by atoms with Gasteiger partial charge in [-0.15, -0.1) is 0 Å². The fourth-order valence-electron chi connectivity index (χ4n) is 8.11. The second kappa shape index (κ2) is 14.7. The Kier molecular flexibility index (Phi) is 10.1. The van der Waals surface area contributed by atoms with Crippen LogP contribution in [0.2, 0.25) is 0 Å². The summed E-state index contributed by atoms with van der Waals surface area (Å²) in [7, 11) is 0. The van der Waals surface area contributed by atoms with Gasteiger partial charge in [-0.2, -0.15) is 0 Å². The van der Waals surface area contributed by atoms with E-state index in [2.05, 4.69) is 21.2 Å². The van der Waals surface area contributed by atoms with E-state index in [4.69, 9.17) is 9.47 Å². The van der Waals surface area contributed by atoms with Crippen molar-refractivity contribution in [3.05, 3.63) is 101 Å². The van der Waals surface area contributed by atoms with E-state index in [1.807, 2.05) is 84.9 Å². The third-order valence-corrected chi connectivity index (χ3v) is 11.2. The number of carbonyl (C=O) groups excluding carboxylic acids is 4. The van der Waals surface area contributed by atoms with E-state index in [1.54, 1.807) is 22.8 Å². The highest BCUT2D eigenvalue weighted by Crippen LogP contribution is 2.59. The number of benzene rings is 3. The number of aliphatic hydroxyl groups is 1. The van der Waals surface area contributed by atoms with E-state index in [9.17, 15) is 19.5 Å². The number of hydrogen-bond donors (Lipinski definition) is 2. The lowest BCUT2D eigenvalue weighted by Crippen LogP contribution is -2.56. The third-order valence-electron chi connectivity index (χ3n) is 10.5. The Morgan fingerprint density at radius 1 is 0.902 bits per heavy atom. The molecule has 4 aliphatic heterocycles. The van der Waals surface area contributed by atoms with Crippen molar-refractivity contribution in [1.82, 2.24) is 10.2 Å². The standard InChI is InChI=1S/C40H42BrN3O7/c1-25-34(27-14-5-2-6-15-27)50-39(49)32-33-37(47)44(21-11-4-12-22-45)36(40(33)24-30(41)35(32)51-40)38(48)43(20-10-3-7-17-31(46)42-25)29-19-18-26-13-8-9-16-28(26)23-29/h2-3,5-6,8-10,13-16,18-19,23-25,32-36,45H,4,7,11-12,17,20-22H2,1H3,(H,42,46)/b10-3-/t25-,32+,33-,34+,35+,36+,40-/m1/s1. The summed E-state index contributed by atoms with van der Waals surface area (Å²) in [5, 5.41) is 14.4. The second-order valence-electron chi connectivity index (χ2n) is 13.8. The first-order valence-electron chi connectivity index (χ1n) is 17.7. The third kappa shape index (κ3) is 6.51. The van der Waals surface area contributed by atoms with Gasteiger partial charge in [-0.05, 0) is 67.2 Å². The van der Waals surface area contributed by atoms with Crippen molar-refractivity contribution in [2.75, 3.05) is 24.6 Å². The number of fused-ring (bicyclic) bond motifs is 3. The van der Waals surface area contributed by atoms with E-state index < -0.39 is 47.7 Å². The molecule has 3 aromatic rings. The molecule has 4 aliphatic rings. The summed E-state index contributed by atoms with van der Waals surface area (Å²) in [6.07, 6.45) is 6.33. The highest BCUT2D eigenvalue weighted by atomic mass is 79.9. The average Bonchev–Trinajstić information content (AvgIpc) is 3.73.